The largest absolute Gasteiger partial charge is 0.479 e. The number of aromatic nitrogens is 2. The Morgan fingerprint density at radius 2 is 2.30 bits per heavy atom. The van der Waals surface area contributed by atoms with Gasteiger partial charge in [0.2, 0.25) is 5.88 Å². The van der Waals surface area contributed by atoms with Gasteiger partial charge in [-0.3, -0.25) is 9.19 Å². The molecule has 2 rings (SSSR count). The van der Waals surface area contributed by atoms with Crippen molar-refractivity contribution in [2.24, 2.45) is 5.92 Å². The SMILES string of the molecule is C=C(C(C)CS(C)=O)N(C)c1sc(-c2cccnc2)nc1OC. The van der Waals surface area contributed by atoms with Crippen LogP contribution in [0.15, 0.2) is 36.8 Å². The summed E-state index contributed by atoms with van der Waals surface area (Å²) in [7, 11) is 2.67. The van der Waals surface area contributed by atoms with E-state index in [0.29, 0.717) is 11.6 Å². The zero-order chi connectivity index (χ0) is 17.0. The number of hydrogen-bond donors (Lipinski definition) is 0. The number of thiazole rings is 1. The normalized spacial score (nSPS) is 13.4. The van der Waals surface area contributed by atoms with Crippen molar-refractivity contribution in [3.05, 3.63) is 36.8 Å². The number of anilines is 1. The lowest BCUT2D eigenvalue weighted by Gasteiger charge is -2.24. The molecule has 0 radical (unpaired) electrons. The number of rotatable bonds is 7. The van der Waals surface area contributed by atoms with Crippen LogP contribution in [0.25, 0.3) is 10.6 Å². The Balaban J connectivity index is 2.30. The summed E-state index contributed by atoms with van der Waals surface area (Å²) >= 11 is 1.52. The molecule has 5 nitrogen and oxygen atoms in total. The van der Waals surface area contributed by atoms with Crippen molar-refractivity contribution >= 4 is 27.1 Å². The van der Waals surface area contributed by atoms with E-state index in [1.807, 2.05) is 31.0 Å². The smallest absolute Gasteiger partial charge is 0.249 e. The van der Waals surface area contributed by atoms with Crippen LogP contribution in [0.1, 0.15) is 6.92 Å². The lowest BCUT2D eigenvalue weighted by Crippen LogP contribution is -2.23. The van der Waals surface area contributed by atoms with E-state index >= 15 is 0 Å². The van der Waals surface area contributed by atoms with Crippen molar-refractivity contribution in [3.8, 4) is 16.5 Å². The number of pyridine rings is 1. The van der Waals surface area contributed by atoms with Crippen molar-refractivity contribution in [1.82, 2.24) is 9.97 Å². The van der Waals surface area contributed by atoms with Crippen LogP contribution in [-0.4, -0.2) is 40.3 Å². The van der Waals surface area contributed by atoms with Gasteiger partial charge in [0.05, 0.1) is 7.11 Å². The van der Waals surface area contributed by atoms with E-state index in [2.05, 4.69) is 16.5 Å². The minimum atomic E-state index is -0.860. The topological polar surface area (TPSA) is 55.3 Å². The quantitative estimate of drug-likeness (QED) is 0.767. The van der Waals surface area contributed by atoms with E-state index in [4.69, 9.17) is 4.74 Å². The van der Waals surface area contributed by atoms with E-state index in [1.165, 1.54) is 11.3 Å². The highest BCUT2D eigenvalue weighted by Crippen LogP contribution is 2.40. The molecule has 0 aliphatic rings. The zero-order valence-electron chi connectivity index (χ0n) is 13.8. The molecule has 0 spiro atoms. The molecule has 124 valence electrons. The second kappa shape index (κ2) is 7.70. The predicted molar refractivity (Wildman–Crippen MR) is 97.5 cm³/mol. The maximum atomic E-state index is 11.4. The van der Waals surface area contributed by atoms with Gasteiger partial charge < -0.3 is 9.64 Å². The second-order valence-corrected chi connectivity index (χ2v) is 7.72. The molecule has 0 aromatic carbocycles. The number of allylic oxidation sites excluding steroid dienone is 1. The Labute approximate surface area is 143 Å². The van der Waals surface area contributed by atoms with Gasteiger partial charge in [-0.1, -0.05) is 24.8 Å². The van der Waals surface area contributed by atoms with E-state index < -0.39 is 10.8 Å². The highest BCUT2D eigenvalue weighted by Gasteiger charge is 2.21. The zero-order valence-corrected chi connectivity index (χ0v) is 15.4. The van der Waals surface area contributed by atoms with Gasteiger partial charge in [0.1, 0.15) is 5.01 Å². The first-order valence-electron chi connectivity index (χ1n) is 7.11. The lowest BCUT2D eigenvalue weighted by atomic mass is 10.1. The summed E-state index contributed by atoms with van der Waals surface area (Å²) in [6.07, 6.45) is 5.22. The molecule has 0 bridgehead atoms. The summed E-state index contributed by atoms with van der Waals surface area (Å²) in [5, 5.41) is 1.72. The van der Waals surface area contributed by atoms with Crippen LogP contribution in [0.5, 0.6) is 5.88 Å². The molecular formula is C16H21N3O2S2. The van der Waals surface area contributed by atoms with E-state index in [1.54, 1.807) is 25.8 Å². The van der Waals surface area contributed by atoms with Crippen molar-refractivity contribution in [3.63, 3.8) is 0 Å². The fourth-order valence-corrected chi connectivity index (χ4v) is 4.08. The van der Waals surface area contributed by atoms with E-state index in [0.717, 1.165) is 21.3 Å². The second-order valence-electron chi connectivity index (χ2n) is 5.27. The molecule has 2 aromatic rings. The standard InChI is InChI=1S/C16H21N3O2S2/c1-11(10-23(5)20)12(2)19(3)16-14(21-4)18-15(22-16)13-7-6-8-17-9-13/h6-9,11H,2,10H2,1,3-5H3. The maximum absolute atomic E-state index is 11.4. The first-order valence-corrected chi connectivity index (χ1v) is 9.66. The molecule has 2 unspecified atom stereocenters. The third-order valence-corrected chi connectivity index (χ3v) is 5.60. The summed E-state index contributed by atoms with van der Waals surface area (Å²) < 4.78 is 16.9. The molecule has 2 aromatic heterocycles. The number of nitrogens with zero attached hydrogens (tertiary/aromatic N) is 3. The fourth-order valence-electron chi connectivity index (χ4n) is 2.16. The Bertz CT molecular complexity index is 701. The van der Waals surface area contributed by atoms with Crippen LogP contribution < -0.4 is 9.64 Å². The van der Waals surface area contributed by atoms with Crippen LogP contribution in [0, 0.1) is 5.92 Å². The highest BCUT2D eigenvalue weighted by molar-refractivity contribution is 7.84. The highest BCUT2D eigenvalue weighted by atomic mass is 32.2. The van der Waals surface area contributed by atoms with Gasteiger partial charge in [-0.15, -0.1) is 0 Å². The molecule has 0 fully saturated rings. The molecule has 2 atom stereocenters. The Morgan fingerprint density at radius 1 is 1.57 bits per heavy atom. The first-order chi connectivity index (χ1) is 10.9. The molecule has 0 N–H and O–H groups in total. The van der Waals surface area contributed by atoms with Gasteiger partial charge >= 0.3 is 0 Å². The Hall–Kier alpha value is -1.73. The van der Waals surface area contributed by atoms with Gasteiger partial charge in [-0.25, -0.2) is 0 Å². The molecule has 7 heteroatoms. The van der Waals surface area contributed by atoms with Crippen LogP contribution in [0.2, 0.25) is 0 Å². The van der Waals surface area contributed by atoms with Crippen molar-refractivity contribution in [2.45, 2.75) is 6.92 Å². The fraction of sp³-hybridized carbons (Fsp3) is 0.375. The van der Waals surface area contributed by atoms with Crippen molar-refractivity contribution in [2.75, 3.05) is 31.1 Å². The van der Waals surface area contributed by atoms with Crippen LogP contribution >= 0.6 is 11.3 Å². The molecule has 0 aliphatic carbocycles. The Kier molecular flexibility index (Phi) is 5.90. The number of ether oxygens (including phenoxy) is 1. The summed E-state index contributed by atoms with van der Waals surface area (Å²) in [5.74, 6) is 1.25. The predicted octanol–water partition coefficient (Wildman–Crippen LogP) is 3.18. The molecule has 0 saturated heterocycles. The van der Waals surface area contributed by atoms with E-state index in [9.17, 15) is 4.21 Å². The third kappa shape index (κ3) is 4.17. The monoisotopic (exact) mass is 351 g/mol. The number of hydrogen-bond acceptors (Lipinski definition) is 6. The van der Waals surface area contributed by atoms with Gasteiger partial charge in [-0.2, -0.15) is 4.98 Å². The average molecular weight is 351 g/mol. The minimum absolute atomic E-state index is 0.111. The maximum Gasteiger partial charge on any atom is 0.249 e. The van der Waals surface area contributed by atoms with Gasteiger partial charge in [0.15, 0.2) is 5.00 Å². The average Bonchev–Trinajstić information content (AvgIpc) is 2.98. The minimum Gasteiger partial charge on any atom is -0.479 e. The first kappa shape index (κ1) is 17.6. The molecule has 0 amide bonds. The molecule has 23 heavy (non-hydrogen) atoms. The molecule has 0 aliphatic heterocycles. The van der Waals surface area contributed by atoms with Gasteiger partial charge in [0.25, 0.3) is 0 Å². The molecule has 0 saturated carbocycles. The number of methoxy groups -OCH3 is 1. The van der Waals surface area contributed by atoms with Crippen LogP contribution in [0.3, 0.4) is 0 Å². The molecule has 2 heterocycles. The van der Waals surface area contributed by atoms with Crippen LogP contribution in [0.4, 0.5) is 5.00 Å². The lowest BCUT2D eigenvalue weighted by molar-refractivity contribution is 0.401. The summed E-state index contributed by atoms with van der Waals surface area (Å²) in [5.41, 5.74) is 1.84. The van der Waals surface area contributed by atoms with E-state index in [-0.39, 0.29) is 5.92 Å². The summed E-state index contributed by atoms with van der Waals surface area (Å²) in [6.45, 7) is 6.17. The van der Waals surface area contributed by atoms with Crippen LogP contribution in [-0.2, 0) is 10.8 Å². The molecular weight excluding hydrogens is 330 g/mol. The van der Waals surface area contributed by atoms with Crippen molar-refractivity contribution < 1.29 is 8.95 Å². The summed E-state index contributed by atoms with van der Waals surface area (Å²) in [4.78, 5) is 10.6. The Morgan fingerprint density at radius 3 is 2.87 bits per heavy atom. The van der Waals surface area contributed by atoms with Gasteiger partial charge in [-0.05, 0) is 12.1 Å². The third-order valence-electron chi connectivity index (χ3n) is 3.47. The van der Waals surface area contributed by atoms with Crippen molar-refractivity contribution in [1.29, 1.82) is 0 Å². The summed E-state index contributed by atoms with van der Waals surface area (Å²) in [6, 6.07) is 3.84. The van der Waals surface area contributed by atoms with Gasteiger partial charge in [0, 0.05) is 59.4 Å².